The maximum atomic E-state index is 14.7. The Morgan fingerprint density at radius 1 is 1.29 bits per heavy atom. The first-order valence-electron chi connectivity index (χ1n) is 9.98. The summed E-state index contributed by atoms with van der Waals surface area (Å²) < 4.78 is 64.5. The van der Waals surface area contributed by atoms with Gasteiger partial charge in [0.25, 0.3) is 5.91 Å². The van der Waals surface area contributed by atoms with E-state index in [-0.39, 0.29) is 33.3 Å². The van der Waals surface area contributed by atoms with Crippen molar-refractivity contribution in [2.45, 2.75) is 26.1 Å². The highest BCUT2D eigenvalue weighted by Gasteiger charge is 2.46. The number of carbonyl (C=O) groups excluding carboxylic acids is 3. The zero-order chi connectivity index (χ0) is 26.1. The van der Waals surface area contributed by atoms with Gasteiger partial charge in [-0.15, -0.1) is 0 Å². The van der Waals surface area contributed by atoms with Crippen LogP contribution in [0.5, 0.6) is 11.6 Å². The number of ether oxygens (including phenoxy) is 2. The summed E-state index contributed by atoms with van der Waals surface area (Å²) in [4.78, 5) is 41.1. The van der Waals surface area contributed by atoms with Gasteiger partial charge in [-0.1, -0.05) is 11.6 Å². The van der Waals surface area contributed by atoms with Gasteiger partial charge in [-0.25, -0.2) is 19.1 Å². The van der Waals surface area contributed by atoms with Gasteiger partial charge < -0.3 is 14.8 Å². The fraction of sp³-hybridized carbons (Fsp3) is 0.273. The lowest BCUT2D eigenvalue weighted by Gasteiger charge is -2.30. The van der Waals surface area contributed by atoms with Crippen molar-refractivity contribution in [3.8, 4) is 11.6 Å². The minimum atomic E-state index is -4.91. The molecular formula is C22H18ClF4N3O5. The molecule has 1 aliphatic heterocycles. The standard InChI is InChI=1S/C22H18ClF4N3O5/c1-10-12(22(25,26)27)7-18(31)30(20(10)32)16-9-17(13(23)8-14(16)24)35-19-15(5-4-6-28-19)29-11(2)21(33)34-3/h4-11,29H,1-3H3. The fourth-order valence-corrected chi connectivity index (χ4v) is 3.43. The molecule has 2 unspecified atom stereocenters. The fourth-order valence-electron chi connectivity index (χ4n) is 3.25. The average Bonchev–Trinajstić information content (AvgIpc) is 2.78. The molecule has 1 N–H and O–H groups in total. The van der Waals surface area contributed by atoms with Gasteiger partial charge in [0.15, 0.2) is 0 Å². The van der Waals surface area contributed by atoms with Gasteiger partial charge in [0, 0.05) is 18.3 Å². The number of carbonyl (C=O) groups is 3. The van der Waals surface area contributed by atoms with Gasteiger partial charge >= 0.3 is 12.1 Å². The van der Waals surface area contributed by atoms with Gasteiger partial charge in [0.1, 0.15) is 17.6 Å². The Balaban J connectivity index is 1.99. The quantitative estimate of drug-likeness (QED) is 0.340. The normalized spacial score (nSPS) is 17.1. The van der Waals surface area contributed by atoms with Gasteiger partial charge in [-0.05, 0) is 32.0 Å². The Labute approximate surface area is 201 Å². The summed E-state index contributed by atoms with van der Waals surface area (Å²) in [6.07, 6.45) is -3.31. The van der Waals surface area contributed by atoms with E-state index in [1.54, 1.807) is 0 Å². The smallest absolute Gasteiger partial charge is 0.413 e. The zero-order valence-corrected chi connectivity index (χ0v) is 19.2. The van der Waals surface area contributed by atoms with Crippen molar-refractivity contribution >= 4 is 40.8 Å². The first-order chi connectivity index (χ1) is 16.3. The first kappa shape index (κ1) is 25.9. The van der Waals surface area contributed by atoms with E-state index in [4.69, 9.17) is 16.3 Å². The van der Waals surface area contributed by atoms with E-state index in [9.17, 15) is 31.9 Å². The Morgan fingerprint density at radius 3 is 2.60 bits per heavy atom. The number of anilines is 2. The number of benzene rings is 1. The lowest BCUT2D eigenvalue weighted by molar-refractivity contribution is -0.141. The first-order valence-corrected chi connectivity index (χ1v) is 10.4. The van der Waals surface area contributed by atoms with Gasteiger partial charge in [0.05, 0.1) is 35.0 Å². The van der Waals surface area contributed by atoms with E-state index in [0.717, 1.165) is 19.1 Å². The largest absolute Gasteiger partial charge is 0.467 e. The third kappa shape index (κ3) is 5.37. The van der Waals surface area contributed by atoms with Crippen LogP contribution in [0.1, 0.15) is 13.8 Å². The molecule has 2 atom stereocenters. The number of methoxy groups -OCH3 is 1. The van der Waals surface area contributed by atoms with E-state index in [2.05, 4.69) is 15.0 Å². The summed E-state index contributed by atoms with van der Waals surface area (Å²) in [5, 5.41) is 2.54. The van der Waals surface area contributed by atoms with Crippen molar-refractivity contribution < 1.29 is 41.4 Å². The molecule has 0 radical (unpaired) electrons. The molecule has 0 saturated carbocycles. The molecule has 0 saturated heterocycles. The highest BCUT2D eigenvalue weighted by Crippen LogP contribution is 2.40. The summed E-state index contributed by atoms with van der Waals surface area (Å²) in [6, 6.07) is 3.89. The number of amides is 2. The topological polar surface area (TPSA) is 97.8 Å². The van der Waals surface area contributed by atoms with Crippen LogP contribution in [-0.2, 0) is 19.1 Å². The average molecular weight is 516 g/mol. The number of hydrogen-bond acceptors (Lipinski definition) is 7. The van der Waals surface area contributed by atoms with Crippen molar-refractivity contribution in [2.75, 3.05) is 17.3 Å². The molecule has 2 heterocycles. The molecule has 0 bridgehead atoms. The molecule has 0 spiro atoms. The van der Waals surface area contributed by atoms with E-state index >= 15 is 0 Å². The Bertz CT molecular complexity index is 1220. The predicted molar refractivity (Wildman–Crippen MR) is 117 cm³/mol. The van der Waals surface area contributed by atoms with Gasteiger partial charge in [-0.2, -0.15) is 13.2 Å². The summed E-state index contributed by atoms with van der Waals surface area (Å²) in [5.74, 6) is -6.48. The van der Waals surface area contributed by atoms with Gasteiger partial charge in [0.2, 0.25) is 11.8 Å². The number of halogens is 5. The van der Waals surface area contributed by atoms with Crippen LogP contribution < -0.4 is 15.0 Å². The monoisotopic (exact) mass is 515 g/mol. The van der Waals surface area contributed by atoms with Crippen LogP contribution in [0, 0.1) is 11.7 Å². The Kier molecular flexibility index (Phi) is 7.34. The molecular weight excluding hydrogens is 498 g/mol. The minimum Gasteiger partial charge on any atom is -0.467 e. The lowest BCUT2D eigenvalue weighted by atomic mass is 9.94. The third-order valence-electron chi connectivity index (χ3n) is 5.03. The lowest BCUT2D eigenvalue weighted by Crippen LogP contribution is -2.46. The third-order valence-corrected chi connectivity index (χ3v) is 5.33. The van der Waals surface area contributed by atoms with Crippen LogP contribution in [0.2, 0.25) is 5.02 Å². The number of pyridine rings is 1. The van der Waals surface area contributed by atoms with E-state index < -0.39 is 53.0 Å². The van der Waals surface area contributed by atoms with Crippen LogP contribution in [0.3, 0.4) is 0 Å². The van der Waals surface area contributed by atoms with Crippen LogP contribution in [0.4, 0.5) is 28.9 Å². The number of alkyl halides is 3. The maximum absolute atomic E-state index is 14.7. The molecule has 3 rings (SSSR count). The number of esters is 1. The van der Waals surface area contributed by atoms with E-state index in [0.29, 0.717) is 0 Å². The van der Waals surface area contributed by atoms with Gasteiger partial charge in [-0.3, -0.25) is 9.59 Å². The molecule has 1 aromatic heterocycles. The van der Waals surface area contributed by atoms with Crippen molar-refractivity contribution in [2.24, 2.45) is 5.92 Å². The van der Waals surface area contributed by atoms with Crippen LogP contribution in [-0.4, -0.2) is 42.1 Å². The van der Waals surface area contributed by atoms with Crippen molar-refractivity contribution in [3.05, 3.63) is 53.0 Å². The second kappa shape index (κ2) is 9.90. The number of nitrogens with one attached hydrogen (secondary N) is 1. The number of nitrogens with zero attached hydrogens (tertiary/aromatic N) is 2. The molecule has 0 aliphatic carbocycles. The minimum absolute atomic E-state index is 0.105. The summed E-state index contributed by atoms with van der Waals surface area (Å²) in [5.41, 5.74) is -1.76. The number of rotatable bonds is 6. The Hall–Kier alpha value is -3.67. The molecule has 1 aliphatic rings. The Morgan fingerprint density at radius 2 is 1.97 bits per heavy atom. The van der Waals surface area contributed by atoms with Crippen molar-refractivity contribution in [1.29, 1.82) is 0 Å². The highest BCUT2D eigenvalue weighted by molar-refractivity contribution is 6.32. The van der Waals surface area contributed by atoms with Crippen molar-refractivity contribution in [3.63, 3.8) is 0 Å². The highest BCUT2D eigenvalue weighted by atomic mass is 35.5. The molecule has 13 heteroatoms. The molecule has 2 amide bonds. The summed E-state index contributed by atoms with van der Waals surface area (Å²) in [7, 11) is 1.21. The maximum Gasteiger partial charge on any atom is 0.413 e. The molecule has 35 heavy (non-hydrogen) atoms. The molecule has 1 aromatic carbocycles. The van der Waals surface area contributed by atoms with E-state index in [1.165, 1.54) is 32.4 Å². The summed E-state index contributed by atoms with van der Waals surface area (Å²) in [6.45, 7) is 2.48. The number of hydrogen-bond donors (Lipinski definition) is 1. The SMILES string of the molecule is COC(=O)C(C)Nc1cccnc1Oc1cc(N2C(=O)C=C(C(F)(F)F)C(C)C2=O)c(F)cc1Cl. The number of imide groups is 1. The van der Waals surface area contributed by atoms with Crippen LogP contribution in [0.25, 0.3) is 0 Å². The van der Waals surface area contributed by atoms with Crippen LogP contribution >= 0.6 is 11.6 Å². The zero-order valence-electron chi connectivity index (χ0n) is 18.4. The second-order valence-corrected chi connectivity index (χ2v) is 7.82. The van der Waals surface area contributed by atoms with Crippen LogP contribution in [0.15, 0.2) is 42.1 Å². The predicted octanol–water partition coefficient (Wildman–Crippen LogP) is 4.64. The van der Waals surface area contributed by atoms with E-state index in [1.807, 2.05) is 0 Å². The van der Waals surface area contributed by atoms with Crippen molar-refractivity contribution in [1.82, 2.24) is 4.98 Å². The molecule has 2 aromatic rings. The summed E-state index contributed by atoms with van der Waals surface area (Å²) >= 11 is 6.07. The number of aromatic nitrogens is 1. The molecule has 0 fully saturated rings. The second-order valence-electron chi connectivity index (χ2n) is 7.41. The molecule has 8 nitrogen and oxygen atoms in total. The molecule has 186 valence electrons.